The maximum atomic E-state index is 12.9. The van der Waals surface area contributed by atoms with Crippen molar-refractivity contribution in [3.8, 4) is 5.75 Å². The van der Waals surface area contributed by atoms with Crippen molar-refractivity contribution in [1.29, 1.82) is 0 Å². The first-order chi connectivity index (χ1) is 15.3. The summed E-state index contributed by atoms with van der Waals surface area (Å²) >= 11 is 0. The molecule has 3 N–H and O–H groups in total. The summed E-state index contributed by atoms with van der Waals surface area (Å²) in [5.41, 5.74) is 0.355. The van der Waals surface area contributed by atoms with Gasteiger partial charge in [-0.1, -0.05) is 0 Å². The predicted octanol–water partition coefficient (Wildman–Crippen LogP) is 2.97. The van der Waals surface area contributed by atoms with E-state index < -0.39 is 4.92 Å². The number of methoxy groups -OCH3 is 1. The summed E-state index contributed by atoms with van der Waals surface area (Å²) in [6.07, 6.45) is 1.29. The fourth-order valence-electron chi connectivity index (χ4n) is 3.41. The number of rotatable bonds is 7. The zero-order valence-electron chi connectivity index (χ0n) is 17.5. The van der Waals surface area contributed by atoms with Crippen molar-refractivity contribution in [3.63, 3.8) is 0 Å². The van der Waals surface area contributed by atoms with Crippen LogP contribution in [0.25, 0.3) is 0 Å². The van der Waals surface area contributed by atoms with E-state index in [2.05, 4.69) is 16.0 Å². The Morgan fingerprint density at radius 1 is 1.16 bits per heavy atom. The van der Waals surface area contributed by atoms with Crippen LogP contribution in [0.1, 0.15) is 12.8 Å². The Labute approximate surface area is 183 Å². The summed E-state index contributed by atoms with van der Waals surface area (Å²) in [4.78, 5) is 37.1. The van der Waals surface area contributed by atoms with Gasteiger partial charge in [0, 0.05) is 24.8 Å². The van der Waals surface area contributed by atoms with Crippen molar-refractivity contribution in [3.05, 3.63) is 58.4 Å². The molecule has 0 aromatic heterocycles. The van der Waals surface area contributed by atoms with Crippen LogP contribution in [0.2, 0.25) is 0 Å². The molecule has 1 aliphatic heterocycles. The number of halogens is 1. The summed E-state index contributed by atoms with van der Waals surface area (Å²) in [6.45, 7) is 1.25. The molecule has 0 bridgehead atoms. The Morgan fingerprint density at radius 2 is 1.84 bits per heavy atom. The highest BCUT2D eigenvalue weighted by Gasteiger charge is 2.23. The Balaban J connectivity index is 1.44. The van der Waals surface area contributed by atoms with E-state index in [1.807, 2.05) is 4.90 Å². The summed E-state index contributed by atoms with van der Waals surface area (Å²) in [7, 11) is 1.40. The number of anilines is 2. The standard InChI is InChI=1S/C21H24FN5O5/c1-32-17-6-7-18(19(12-17)27(30)31)25-20(28)13-26-10-8-16(9-11-26)24-21(29)23-15-4-2-14(22)3-5-15/h2-7,12,16H,8-11,13H2,1H3,(H,25,28)(H2,23,24,29). The van der Waals surface area contributed by atoms with Gasteiger partial charge in [-0.3, -0.25) is 19.8 Å². The number of likely N-dealkylation sites (tertiary alicyclic amines) is 1. The fraction of sp³-hybridized carbons (Fsp3) is 0.333. The van der Waals surface area contributed by atoms with Gasteiger partial charge in [-0.25, -0.2) is 9.18 Å². The Morgan fingerprint density at radius 3 is 2.47 bits per heavy atom. The van der Waals surface area contributed by atoms with Gasteiger partial charge in [0.1, 0.15) is 17.3 Å². The third-order valence-corrected chi connectivity index (χ3v) is 5.07. The average Bonchev–Trinajstić information content (AvgIpc) is 2.76. The van der Waals surface area contributed by atoms with Crippen molar-refractivity contribution in [2.24, 2.45) is 0 Å². The quantitative estimate of drug-likeness (QED) is 0.444. The number of urea groups is 1. The monoisotopic (exact) mass is 445 g/mol. The fourth-order valence-corrected chi connectivity index (χ4v) is 3.41. The molecule has 0 spiro atoms. The van der Waals surface area contributed by atoms with Crippen LogP contribution in [-0.4, -0.2) is 54.5 Å². The molecule has 0 unspecified atom stereocenters. The summed E-state index contributed by atoms with van der Waals surface area (Å²) in [5, 5.41) is 19.3. The minimum absolute atomic E-state index is 0.0579. The molecular weight excluding hydrogens is 421 g/mol. The van der Waals surface area contributed by atoms with E-state index in [-0.39, 0.29) is 41.7 Å². The van der Waals surface area contributed by atoms with Crippen LogP contribution in [-0.2, 0) is 4.79 Å². The van der Waals surface area contributed by atoms with Crippen molar-refractivity contribution in [2.75, 3.05) is 37.4 Å². The highest BCUT2D eigenvalue weighted by atomic mass is 19.1. The number of nitro benzene ring substituents is 1. The molecule has 0 radical (unpaired) electrons. The van der Waals surface area contributed by atoms with Crippen LogP contribution in [0.15, 0.2) is 42.5 Å². The molecule has 11 heteroatoms. The van der Waals surface area contributed by atoms with E-state index >= 15 is 0 Å². The van der Waals surface area contributed by atoms with Gasteiger partial charge in [0.2, 0.25) is 5.91 Å². The molecule has 1 fully saturated rings. The predicted molar refractivity (Wildman–Crippen MR) is 116 cm³/mol. The van der Waals surface area contributed by atoms with Crippen molar-refractivity contribution in [2.45, 2.75) is 18.9 Å². The number of ether oxygens (including phenoxy) is 1. The van der Waals surface area contributed by atoms with E-state index in [1.165, 1.54) is 49.6 Å². The van der Waals surface area contributed by atoms with Crippen LogP contribution in [0.4, 0.5) is 26.2 Å². The van der Waals surface area contributed by atoms with Crippen molar-refractivity contribution >= 4 is 29.0 Å². The minimum atomic E-state index is -0.577. The van der Waals surface area contributed by atoms with Gasteiger partial charge >= 0.3 is 6.03 Å². The van der Waals surface area contributed by atoms with Gasteiger partial charge < -0.3 is 20.7 Å². The highest BCUT2D eigenvalue weighted by Crippen LogP contribution is 2.29. The number of nitrogens with one attached hydrogen (secondary N) is 3. The molecule has 1 heterocycles. The Bertz CT molecular complexity index is 977. The number of nitro groups is 1. The normalized spacial score (nSPS) is 14.4. The molecule has 10 nitrogen and oxygen atoms in total. The van der Waals surface area contributed by atoms with Crippen LogP contribution in [0.5, 0.6) is 5.75 Å². The lowest BCUT2D eigenvalue weighted by atomic mass is 10.1. The number of amides is 3. The molecule has 0 aliphatic carbocycles. The van der Waals surface area contributed by atoms with Crippen LogP contribution in [0.3, 0.4) is 0 Å². The maximum absolute atomic E-state index is 12.9. The second-order valence-corrected chi connectivity index (χ2v) is 7.34. The van der Waals surface area contributed by atoms with Crippen molar-refractivity contribution in [1.82, 2.24) is 10.2 Å². The smallest absolute Gasteiger partial charge is 0.319 e. The molecule has 0 atom stereocenters. The van der Waals surface area contributed by atoms with E-state index in [4.69, 9.17) is 4.74 Å². The Hall–Kier alpha value is -3.73. The second-order valence-electron chi connectivity index (χ2n) is 7.34. The number of carbonyl (C=O) groups excluding carboxylic acids is 2. The number of nitrogens with zero attached hydrogens (tertiary/aromatic N) is 2. The number of carbonyl (C=O) groups is 2. The lowest BCUT2D eigenvalue weighted by molar-refractivity contribution is -0.384. The molecule has 2 aromatic rings. The maximum Gasteiger partial charge on any atom is 0.319 e. The zero-order valence-corrected chi connectivity index (χ0v) is 17.5. The SMILES string of the molecule is COc1ccc(NC(=O)CN2CCC(NC(=O)Nc3ccc(F)cc3)CC2)c([N+](=O)[O-])c1. The minimum Gasteiger partial charge on any atom is -0.496 e. The van der Waals surface area contributed by atoms with E-state index in [0.29, 0.717) is 37.4 Å². The lowest BCUT2D eigenvalue weighted by Gasteiger charge is -2.31. The van der Waals surface area contributed by atoms with Gasteiger partial charge in [-0.2, -0.15) is 0 Å². The van der Waals surface area contributed by atoms with Gasteiger partial charge in [-0.15, -0.1) is 0 Å². The van der Waals surface area contributed by atoms with Gasteiger partial charge in [0.15, 0.2) is 0 Å². The lowest BCUT2D eigenvalue weighted by Crippen LogP contribution is -2.47. The largest absolute Gasteiger partial charge is 0.496 e. The van der Waals surface area contributed by atoms with Gasteiger partial charge in [0.25, 0.3) is 5.69 Å². The van der Waals surface area contributed by atoms with E-state index in [1.54, 1.807) is 0 Å². The number of hydrogen-bond donors (Lipinski definition) is 3. The van der Waals surface area contributed by atoms with Gasteiger partial charge in [0.05, 0.1) is 24.6 Å². The third kappa shape index (κ3) is 6.38. The number of benzene rings is 2. The van der Waals surface area contributed by atoms with Gasteiger partial charge in [-0.05, 0) is 49.2 Å². The highest BCUT2D eigenvalue weighted by molar-refractivity contribution is 5.94. The second kappa shape index (κ2) is 10.5. The topological polar surface area (TPSA) is 126 Å². The Kier molecular flexibility index (Phi) is 7.55. The van der Waals surface area contributed by atoms with E-state index in [0.717, 1.165) is 0 Å². The molecule has 170 valence electrons. The summed E-state index contributed by atoms with van der Waals surface area (Å²) < 4.78 is 17.9. The zero-order chi connectivity index (χ0) is 23.1. The summed E-state index contributed by atoms with van der Waals surface area (Å²) in [6, 6.07) is 9.27. The number of hydrogen-bond acceptors (Lipinski definition) is 6. The van der Waals surface area contributed by atoms with Crippen LogP contribution < -0.4 is 20.7 Å². The molecular formula is C21H24FN5O5. The average molecular weight is 445 g/mol. The van der Waals surface area contributed by atoms with Crippen LogP contribution in [0, 0.1) is 15.9 Å². The molecule has 1 aliphatic rings. The first-order valence-electron chi connectivity index (χ1n) is 10.0. The molecule has 32 heavy (non-hydrogen) atoms. The third-order valence-electron chi connectivity index (χ3n) is 5.07. The molecule has 3 amide bonds. The first kappa shape index (κ1) is 22.9. The van der Waals surface area contributed by atoms with E-state index in [9.17, 15) is 24.1 Å². The molecule has 3 rings (SSSR count). The molecule has 0 saturated carbocycles. The van der Waals surface area contributed by atoms with Crippen LogP contribution >= 0.6 is 0 Å². The first-order valence-corrected chi connectivity index (χ1v) is 10.0. The summed E-state index contributed by atoms with van der Waals surface area (Å²) in [5.74, 6) is -0.416. The number of piperidine rings is 1. The molecule has 2 aromatic carbocycles. The van der Waals surface area contributed by atoms with Crippen molar-refractivity contribution < 1.29 is 23.6 Å². The molecule has 1 saturated heterocycles.